The predicted molar refractivity (Wildman–Crippen MR) is 51.5 cm³/mol. The molecule has 0 bridgehead atoms. The lowest BCUT2D eigenvalue weighted by Crippen LogP contribution is -2.21. The Balaban J connectivity index is 2.19. The van der Waals surface area contributed by atoms with E-state index in [2.05, 4.69) is 5.32 Å². The molecule has 0 aliphatic carbocycles. The van der Waals surface area contributed by atoms with Crippen LogP contribution in [0, 0.1) is 0 Å². The Morgan fingerprint density at radius 1 is 1.62 bits per heavy atom. The number of amides is 1. The lowest BCUT2D eigenvalue weighted by molar-refractivity contribution is -0.122. The summed E-state index contributed by atoms with van der Waals surface area (Å²) in [6.07, 6.45) is 1.34. The van der Waals surface area contributed by atoms with Gasteiger partial charge in [-0.3, -0.25) is 4.79 Å². The minimum absolute atomic E-state index is 0.0690. The zero-order valence-corrected chi connectivity index (χ0v) is 7.97. The molecule has 0 aliphatic rings. The molecule has 0 aromatic carbocycles. The average molecular weight is 197 g/mol. The predicted octanol–water partition coefficient (Wildman–Crippen LogP) is 1.34. The smallest absolute Gasteiger partial charge is 0.220 e. The molecule has 0 unspecified atom stereocenters. The van der Waals surface area contributed by atoms with Gasteiger partial charge >= 0.3 is 0 Å². The number of aldehydes is 1. The molecule has 70 valence electrons. The van der Waals surface area contributed by atoms with E-state index in [9.17, 15) is 9.59 Å². The van der Waals surface area contributed by atoms with Gasteiger partial charge in [0.2, 0.25) is 5.91 Å². The van der Waals surface area contributed by atoms with Crippen LogP contribution in [0.3, 0.4) is 0 Å². The summed E-state index contributed by atoms with van der Waals surface area (Å²) in [5.41, 5.74) is 0. The second kappa shape index (κ2) is 5.48. The summed E-state index contributed by atoms with van der Waals surface area (Å²) in [5, 5.41) is 4.70. The summed E-state index contributed by atoms with van der Waals surface area (Å²) in [5.74, 6) is -0.0690. The molecule has 0 fully saturated rings. The molecule has 0 spiro atoms. The number of thiophene rings is 1. The molecule has 0 saturated carbocycles. The van der Waals surface area contributed by atoms with Crippen molar-refractivity contribution in [3.8, 4) is 0 Å². The van der Waals surface area contributed by atoms with Crippen molar-refractivity contribution in [1.29, 1.82) is 0 Å². The highest BCUT2D eigenvalue weighted by atomic mass is 32.1. The fourth-order valence-corrected chi connectivity index (χ4v) is 1.52. The van der Waals surface area contributed by atoms with Crippen LogP contribution in [0.2, 0.25) is 0 Å². The van der Waals surface area contributed by atoms with Crippen LogP contribution in [0.15, 0.2) is 17.5 Å². The third-order valence-electron chi connectivity index (χ3n) is 1.53. The van der Waals surface area contributed by atoms with Crippen LogP contribution in [0.5, 0.6) is 0 Å². The van der Waals surface area contributed by atoms with Crippen LogP contribution in [-0.4, -0.2) is 12.2 Å². The van der Waals surface area contributed by atoms with E-state index >= 15 is 0 Å². The lowest BCUT2D eigenvalue weighted by atomic mass is 10.3. The number of rotatable bonds is 5. The molecule has 1 heterocycles. The highest BCUT2D eigenvalue weighted by molar-refractivity contribution is 7.09. The van der Waals surface area contributed by atoms with Crippen LogP contribution in [0.4, 0.5) is 0 Å². The second-order valence-corrected chi connectivity index (χ2v) is 3.59. The van der Waals surface area contributed by atoms with Crippen molar-refractivity contribution < 1.29 is 9.59 Å². The van der Waals surface area contributed by atoms with Gasteiger partial charge in [-0.25, -0.2) is 0 Å². The van der Waals surface area contributed by atoms with Crippen molar-refractivity contribution >= 4 is 23.5 Å². The van der Waals surface area contributed by atoms with Gasteiger partial charge in [0.15, 0.2) is 0 Å². The Hall–Kier alpha value is -1.16. The first-order valence-corrected chi connectivity index (χ1v) is 4.93. The SMILES string of the molecule is O=CCCC(=O)NCc1cccs1. The summed E-state index contributed by atoms with van der Waals surface area (Å²) < 4.78 is 0. The first-order chi connectivity index (χ1) is 6.33. The Labute approximate surface area is 80.8 Å². The van der Waals surface area contributed by atoms with Gasteiger partial charge in [-0.1, -0.05) is 6.07 Å². The normalized spacial score (nSPS) is 9.54. The Kier molecular flexibility index (Phi) is 4.18. The maximum absolute atomic E-state index is 11.0. The third kappa shape index (κ3) is 3.85. The van der Waals surface area contributed by atoms with Gasteiger partial charge in [0.1, 0.15) is 6.29 Å². The monoisotopic (exact) mass is 197 g/mol. The van der Waals surface area contributed by atoms with E-state index in [1.807, 2.05) is 17.5 Å². The van der Waals surface area contributed by atoms with Gasteiger partial charge in [0, 0.05) is 17.7 Å². The minimum atomic E-state index is -0.0690. The molecule has 1 N–H and O–H groups in total. The van der Waals surface area contributed by atoms with Crippen molar-refractivity contribution in [2.45, 2.75) is 19.4 Å². The number of carbonyl (C=O) groups is 2. The molecule has 0 aliphatic heterocycles. The molecule has 0 radical (unpaired) electrons. The quantitative estimate of drug-likeness (QED) is 0.724. The first kappa shape index (κ1) is 9.92. The topological polar surface area (TPSA) is 46.2 Å². The molecule has 3 nitrogen and oxygen atoms in total. The number of hydrogen-bond acceptors (Lipinski definition) is 3. The van der Waals surface area contributed by atoms with E-state index in [-0.39, 0.29) is 12.3 Å². The van der Waals surface area contributed by atoms with Crippen LogP contribution in [-0.2, 0) is 16.1 Å². The van der Waals surface area contributed by atoms with Crippen molar-refractivity contribution in [3.63, 3.8) is 0 Å². The van der Waals surface area contributed by atoms with E-state index in [1.54, 1.807) is 11.3 Å². The van der Waals surface area contributed by atoms with Gasteiger partial charge in [0.05, 0.1) is 6.54 Å². The molecular formula is C9H11NO2S. The summed E-state index contributed by atoms with van der Waals surface area (Å²) in [4.78, 5) is 22.1. The molecular weight excluding hydrogens is 186 g/mol. The van der Waals surface area contributed by atoms with Gasteiger partial charge < -0.3 is 10.1 Å². The van der Waals surface area contributed by atoms with E-state index < -0.39 is 0 Å². The Morgan fingerprint density at radius 3 is 3.08 bits per heavy atom. The summed E-state index contributed by atoms with van der Waals surface area (Å²) in [7, 11) is 0. The molecule has 0 atom stereocenters. The van der Waals surface area contributed by atoms with Crippen LogP contribution < -0.4 is 5.32 Å². The van der Waals surface area contributed by atoms with E-state index in [0.717, 1.165) is 11.2 Å². The van der Waals surface area contributed by atoms with Crippen molar-refractivity contribution in [2.75, 3.05) is 0 Å². The molecule has 1 aromatic rings. The van der Waals surface area contributed by atoms with E-state index in [4.69, 9.17) is 0 Å². The maximum atomic E-state index is 11.0. The van der Waals surface area contributed by atoms with Gasteiger partial charge in [-0.05, 0) is 11.4 Å². The van der Waals surface area contributed by atoms with Gasteiger partial charge in [-0.2, -0.15) is 0 Å². The summed E-state index contributed by atoms with van der Waals surface area (Å²) in [6, 6.07) is 3.91. The average Bonchev–Trinajstić information content (AvgIpc) is 2.64. The van der Waals surface area contributed by atoms with Gasteiger partial charge in [-0.15, -0.1) is 11.3 Å². The molecule has 1 rings (SSSR count). The third-order valence-corrected chi connectivity index (χ3v) is 2.41. The van der Waals surface area contributed by atoms with Crippen LogP contribution >= 0.6 is 11.3 Å². The number of hydrogen-bond donors (Lipinski definition) is 1. The maximum Gasteiger partial charge on any atom is 0.220 e. The van der Waals surface area contributed by atoms with Gasteiger partial charge in [0.25, 0.3) is 0 Å². The van der Waals surface area contributed by atoms with Crippen LogP contribution in [0.1, 0.15) is 17.7 Å². The van der Waals surface area contributed by atoms with Crippen LogP contribution in [0.25, 0.3) is 0 Å². The van der Waals surface area contributed by atoms with E-state index in [1.165, 1.54) is 0 Å². The molecule has 4 heteroatoms. The number of carbonyl (C=O) groups excluding carboxylic acids is 2. The number of nitrogens with one attached hydrogen (secondary N) is 1. The molecule has 13 heavy (non-hydrogen) atoms. The summed E-state index contributed by atoms with van der Waals surface area (Å²) >= 11 is 1.60. The largest absolute Gasteiger partial charge is 0.351 e. The first-order valence-electron chi connectivity index (χ1n) is 4.05. The Morgan fingerprint density at radius 2 is 2.46 bits per heavy atom. The Bertz CT molecular complexity index is 269. The standard InChI is InChI=1S/C9H11NO2S/c11-5-1-4-9(12)10-7-8-3-2-6-13-8/h2-3,5-6H,1,4,7H2,(H,10,12). The zero-order valence-electron chi connectivity index (χ0n) is 7.16. The summed E-state index contributed by atoms with van der Waals surface area (Å²) in [6.45, 7) is 0.565. The lowest BCUT2D eigenvalue weighted by Gasteiger charge is -2.00. The highest BCUT2D eigenvalue weighted by Crippen LogP contribution is 2.07. The second-order valence-electron chi connectivity index (χ2n) is 2.56. The minimum Gasteiger partial charge on any atom is -0.351 e. The highest BCUT2D eigenvalue weighted by Gasteiger charge is 2.00. The van der Waals surface area contributed by atoms with Crippen molar-refractivity contribution in [2.24, 2.45) is 0 Å². The van der Waals surface area contributed by atoms with E-state index in [0.29, 0.717) is 13.0 Å². The molecule has 0 saturated heterocycles. The molecule has 1 amide bonds. The van der Waals surface area contributed by atoms with Crippen molar-refractivity contribution in [1.82, 2.24) is 5.32 Å². The fraction of sp³-hybridized carbons (Fsp3) is 0.333. The fourth-order valence-electron chi connectivity index (χ4n) is 0.877. The molecule has 1 aromatic heterocycles. The zero-order chi connectivity index (χ0) is 9.52. The van der Waals surface area contributed by atoms with Crippen molar-refractivity contribution in [3.05, 3.63) is 22.4 Å².